The van der Waals surface area contributed by atoms with E-state index >= 15 is 0 Å². The number of nitrogens with one attached hydrogen (secondary N) is 1. The summed E-state index contributed by atoms with van der Waals surface area (Å²) in [5.74, 6) is 0.269. The van der Waals surface area contributed by atoms with Crippen LogP contribution < -0.4 is 5.73 Å². The van der Waals surface area contributed by atoms with Gasteiger partial charge < -0.3 is 10.8 Å². The van der Waals surface area contributed by atoms with Crippen molar-refractivity contribution in [3.63, 3.8) is 0 Å². The van der Waals surface area contributed by atoms with Crippen LogP contribution in [-0.2, 0) is 0 Å². The Morgan fingerprint density at radius 2 is 2.20 bits per heavy atom. The van der Waals surface area contributed by atoms with Gasteiger partial charge in [-0.1, -0.05) is 12.8 Å². The number of rotatable bonds is 5. The van der Waals surface area contributed by atoms with E-state index in [-0.39, 0.29) is 12.4 Å². The summed E-state index contributed by atoms with van der Waals surface area (Å²) >= 11 is 0. The maximum Gasteiger partial charge on any atom is 0.0905 e. The van der Waals surface area contributed by atoms with Gasteiger partial charge in [-0.25, -0.2) is 0 Å². The van der Waals surface area contributed by atoms with Crippen LogP contribution in [0.4, 0.5) is 0 Å². The highest BCUT2D eigenvalue weighted by Crippen LogP contribution is 2.16. The van der Waals surface area contributed by atoms with Crippen LogP contribution in [0.2, 0.25) is 0 Å². The lowest BCUT2D eigenvalue weighted by Gasteiger charge is -2.28. The number of aliphatic hydroxyl groups excluding tert-OH is 1. The number of nitrogens with two attached hydrogens (primary N) is 1. The fraction of sp³-hybridized carbons (Fsp3) is 0.909. The minimum atomic E-state index is 0.264. The Hall–Kier alpha value is -0.610. The van der Waals surface area contributed by atoms with Crippen molar-refractivity contribution in [1.82, 2.24) is 4.90 Å². The molecule has 0 aliphatic carbocycles. The third kappa shape index (κ3) is 4.62. The topological polar surface area (TPSA) is 73.3 Å². The number of likely N-dealkylation sites (tertiary alicyclic amines) is 1. The molecular formula is C11H23N3O. The molecule has 1 atom stereocenters. The number of hydrogen-bond acceptors (Lipinski definition) is 3. The standard InChI is InChI=1S/C11H23N3O/c12-11(13)6-4-8-14-7-3-1-2-5-10(14)9-15/h10,15H,1-9H2,(H3,12,13). The van der Waals surface area contributed by atoms with E-state index in [4.69, 9.17) is 11.1 Å². The summed E-state index contributed by atoms with van der Waals surface area (Å²) in [6.07, 6.45) is 6.46. The smallest absolute Gasteiger partial charge is 0.0905 e. The van der Waals surface area contributed by atoms with Crippen LogP contribution in [-0.4, -0.2) is 41.6 Å². The fourth-order valence-electron chi connectivity index (χ4n) is 2.21. The van der Waals surface area contributed by atoms with Gasteiger partial charge in [0.15, 0.2) is 0 Å². The Labute approximate surface area is 92.0 Å². The summed E-state index contributed by atoms with van der Waals surface area (Å²) in [6.45, 7) is 2.31. The van der Waals surface area contributed by atoms with Crippen molar-refractivity contribution < 1.29 is 5.11 Å². The van der Waals surface area contributed by atoms with Crippen LogP contribution in [0, 0.1) is 5.41 Å². The average molecular weight is 213 g/mol. The lowest BCUT2D eigenvalue weighted by atomic mass is 10.1. The van der Waals surface area contributed by atoms with Crippen molar-refractivity contribution in [3.05, 3.63) is 0 Å². The van der Waals surface area contributed by atoms with Gasteiger partial charge in [0, 0.05) is 12.5 Å². The molecule has 0 amide bonds. The lowest BCUT2D eigenvalue weighted by molar-refractivity contribution is 0.124. The second-order valence-corrected chi connectivity index (χ2v) is 4.35. The van der Waals surface area contributed by atoms with E-state index < -0.39 is 0 Å². The first-order valence-corrected chi connectivity index (χ1v) is 5.92. The van der Waals surface area contributed by atoms with Crippen LogP contribution in [0.15, 0.2) is 0 Å². The molecule has 4 nitrogen and oxygen atoms in total. The quantitative estimate of drug-likeness (QED) is 0.470. The van der Waals surface area contributed by atoms with E-state index in [1.54, 1.807) is 0 Å². The normalized spacial score (nSPS) is 23.7. The molecule has 88 valence electrons. The summed E-state index contributed by atoms with van der Waals surface area (Å²) in [4.78, 5) is 2.36. The van der Waals surface area contributed by atoms with E-state index in [9.17, 15) is 5.11 Å². The minimum absolute atomic E-state index is 0.264. The number of aliphatic hydroxyl groups is 1. The van der Waals surface area contributed by atoms with Gasteiger partial charge in [-0.15, -0.1) is 0 Å². The zero-order valence-corrected chi connectivity index (χ0v) is 9.41. The van der Waals surface area contributed by atoms with Crippen LogP contribution in [0.3, 0.4) is 0 Å². The van der Waals surface area contributed by atoms with Gasteiger partial charge in [-0.05, 0) is 32.4 Å². The van der Waals surface area contributed by atoms with Crippen molar-refractivity contribution in [1.29, 1.82) is 5.41 Å². The Kier molecular flexibility index (Phi) is 5.65. The van der Waals surface area contributed by atoms with Crippen molar-refractivity contribution in [2.75, 3.05) is 19.7 Å². The van der Waals surface area contributed by atoms with Gasteiger partial charge in [0.05, 0.1) is 12.4 Å². The highest BCUT2D eigenvalue weighted by Gasteiger charge is 2.19. The fourth-order valence-corrected chi connectivity index (χ4v) is 2.21. The molecule has 0 aromatic heterocycles. The third-order valence-electron chi connectivity index (χ3n) is 3.10. The Bertz CT molecular complexity index is 196. The summed E-state index contributed by atoms with van der Waals surface area (Å²) < 4.78 is 0. The molecule has 1 heterocycles. The van der Waals surface area contributed by atoms with E-state index in [0.717, 1.165) is 25.9 Å². The number of hydrogen-bond donors (Lipinski definition) is 3. The lowest BCUT2D eigenvalue weighted by Crippen LogP contribution is -2.38. The molecule has 0 bridgehead atoms. The van der Waals surface area contributed by atoms with Crippen molar-refractivity contribution in [2.24, 2.45) is 5.73 Å². The molecule has 15 heavy (non-hydrogen) atoms. The zero-order valence-electron chi connectivity index (χ0n) is 9.41. The molecule has 1 rings (SSSR count). The highest BCUT2D eigenvalue weighted by atomic mass is 16.3. The SMILES string of the molecule is N=C(N)CCCN1CCCCCC1CO. The molecule has 1 aliphatic rings. The van der Waals surface area contributed by atoms with E-state index in [1.807, 2.05) is 0 Å². The molecule has 1 aliphatic heterocycles. The number of nitrogens with zero attached hydrogens (tertiary/aromatic N) is 1. The molecule has 0 spiro atoms. The van der Waals surface area contributed by atoms with Gasteiger partial charge in [-0.3, -0.25) is 10.3 Å². The Morgan fingerprint density at radius 1 is 1.40 bits per heavy atom. The van der Waals surface area contributed by atoms with Crippen LogP contribution in [0.1, 0.15) is 38.5 Å². The van der Waals surface area contributed by atoms with Gasteiger partial charge >= 0.3 is 0 Å². The molecule has 0 saturated carbocycles. The summed E-state index contributed by atoms with van der Waals surface area (Å²) in [7, 11) is 0. The van der Waals surface area contributed by atoms with E-state index in [1.165, 1.54) is 19.3 Å². The first-order chi connectivity index (χ1) is 7.24. The predicted octanol–water partition coefficient (Wildman–Crippen LogP) is 0.939. The molecular weight excluding hydrogens is 190 g/mol. The molecule has 0 aromatic carbocycles. The second kappa shape index (κ2) is 6.80. The van der Waals surface area contributed by atoms with Crippen molar-refractivity contribution >= 4 is 5.84 Å². The largest absolute Gasteiger partial charge is 0.395 e. The molecule has 1 saturated heterocycles. The van der Waals surface area contributed by atoms with Crippen LogP contribution in [0.5, 0.6) is 0 Å². The zero-order chi connectivity index (χ0) is 11.1. The van der Waals surface area contributed by atoms with Gasteiger partial charge in [0.2, 0.25) is 0 Å². The van der Waals surface area contributed by atoms with Gasteiger partial charge in [0.1, 0.15) is 0 Å². The molecule has 4 heteroatoms. The maximum atomic E-state index is 9.29. The van der Waals surface area contributed by atoms with Crippen LogP contribution >= 0.6 is 0 Å². The third-order valence-corrected chi connectivity index (χ3v) is 3.10. The first kappa shape index (κ1) is 12.5. The van der Waals surface area contributed by atoms with Gasteiger partial charge in [0.25, 0.3) is 0 Å². The molecule has 0 aromatic rings. The molecule has 1 unspecified atom stereocenters. The predicted molar refractivity (Wildman–Crippen MR) is 62.1 cm³/mol. The van der Waals surface area contributed by atoms with Crippen LogP contribution in [0.25, 0.3) is 0 Å². The van der Waals surface area contributed by atoms with Gasteiger partial charge in [-0.2, -0.15) is 0 Å². The van der Waals surface area contributed by atoms with E-state index in [0.29, 0.717) is 12.5 Å². The van der Waals surface area contributed by atoms with E-state index in [2.05, 4.69) is 4.90 Å². The minimum Gasteiger partial charge on any atom is -0.395 e. The summed E-state index contributed by atoms with van der Waals surface area (Å²) in [5.41, 5.74) is 5.32. The molecule has 1 fully saturated rings. The average Bonchev–Trinajstić information content (AvgIpc) is 2.42. The molecule has 4 N–H and O–H groups in total. The highest BCUT2D eigenvalue weighted by molar-refractivity contribution is 5.76. The molecule has 0 radical (unpaired) electrons. The second-order valence-electron chi connectivity index (χ2n) is 4.35. The Balaban J connectivity index is 2.31. The summed E-state index contributed by atoms with van der Waals surface area (Å²) in [5, 5.41) is 16.4. The monoisotopic (exact) mass is 213 g/mol. The van der Waals surface area contributed by atoms with Crippen molar-refractivity contribution in [3.8, 4) is 0 Å². The first-order valence-electron chi connectivity index (χ1n) is 5.92. The summed E-state index contributed by atoms with van der Waals surface area (Å²) in [6, 6.07) is 0.333. The Morgan fingerprint density at radius 3 is 2.87 bits per heavy atom. The maximum absolute atomic E-state index is 9.29. The van der Waals surface area contributed by atoms with Crippen molar-refractivity contribution in [2.45, 2.75) is 44.6 Å². The number of amidine groups is 1.